The molecule has 2 aliphatic carbocycles. The molecule has 2 aromatic rings. The van der Waals surface area contributed by atoms with Crippen molar-refractivity contribution in [3.05, 3.63) is 24.3 Å². The number of nitrogen functional groups attached to an aromatic ring is 1. The summed E-state index contributed by atoms with van der Waals surface area (Å²) < 4.78 is 49.8. The summed E-state index contributed by atoms with van der Waals surface area (Å²) >= 11 is 0. The Bertz CT molecular complexity index is 1030. The van der Waals surface area contributed by atoms with Gasteiger partial charge < -0.3 is 19.8 Å². The Morgan fingerprint density at radius 2 is 2.10 bits per heavy atom. The molecule has 4 atom stereocenters. The van der Waals surface area contributed by atoms with E-state index in [2.05, 4.69) is 33.0 Å². The number of hydrogen-bond donors (Lipinski definition) is 1. The summed E-state index contributed by atoms with van der Waals surface area (Å²) in [5, 5.41) is 0. The number of rotatable bonds is 5. The number of imidazole rings is 1. The standard InChI is InChI=1S/C20H22F3N5O2/c1-9(2)18-26-13(10-3-14(17(24)25-4-10)30-20(21,22)23)6-28(18)19-12-5-27(11-7-29-8-11)16(19)15(12)19/h3-4,6,9,11-12,15-16H,5,7-8H2,1-2H3,(H2,24,25)/t12-,15-,16?,19-/m0/s1. The third-order valence-corrected chi connectivity index (χ3v) is 7.08. The zero-order valence-corrected chi connectivity index (χ0v) is 16.6. The summed E-state index contributed by atoms with van der Waals surface area (Å²) in [6.07, 6.45) is -1.43. The van der Waals surface area contributed by atoms with E-state index in [9.17, 15) is 13.2 Å². The van der Waals surface area contributed by atoms with Gasteiger partial charge in [0.1, 0.15) is 5.82 Å². The first-order chi connectivity index (χ1) is 14.2. The lowest BCUT2D eigenvalue weighted by Gasteiger charge is -2.34. The number of fused-ring (bicyclic) bond motifs is 1. The molecular weight excluding hydrogens is 399 g/mol. The normalized spacial score (nSPS) is 32.3. The maximum Gasteiger partial charge on any atom is 0.573 e. The molecule has 2 saturated carbocycles. The van der Waals surface area contributed by atoms with Crippen LogP contribution in [0.3, 0.4) is 0 Å². The van der Waals surface area contributed by atoms with Crippen molar-refractivity contribution in [2.24, 2.45) is 11.8 Å². The van der Waals surface area contributed by atoms with Gasteiger partial charge in [-0.15, -0.1) is 13.2 Å². The van der Waals surface area contributed by atoms with Crippen LogP contribution in [0.5, 0.6) is 5.75 Å². The van der Waals surface area contributed by atoms with Gasteiger partial charge in [-0.2, -0.15) is 0 Å². The molecule has 5 fully saturated rings. The first-order valence-corrected chi connectivity index (χ1v) is 10.2. The second-order valence-corrected chi connectivity index (χ2v) is 9.02. The fourth-order valence-electron chi connectivity index (χ4n) is 5.62. The zero-order chi connectivity index (χ0) is 21.0. The van der Waals surface area contributed by atoms with Gasteiger partial charge in [0.2, 0.25) is 0 Å². The van der Waals surface area contributed by atoms with Crippen LogP contribution in [0.15, 0.2) is 18.5 Å². The summed E-state index contributed by atoms with van der Waals surface area (Å²) in [6, 6.07) is 2.29. The topological polar surface area (TPSA) is 78.4 Å². The average molecular weight is 421 g/mol. The molecule has 7 rings (SSSR count). The van der Waals surface area contributed by atoms with Gasteiger partial charge >= 0.3 is 6.36 Å². The van der Waals surface area contributed by atoms with E-state index in [0.29, 0.717) is 35.2 Å². The smallest absolute Gasteiger partial charge is 0.402 e. The molecule has 2 N–H and O–H groups in total. The van der Waals surface area contributed by atoms with Crippen LogP contribution >= 0.6 is 0 Å². The van der Waals surface area contributed by atoms with Gasteiger partial charge in [-0.05, 0) is 6.07 Å². The highest BCUT2D eigenvalue weighted by molar-refractivity contribution is 5.64. The Kier molecular flexibility index (Phi) is 3.49. The van der Waals surface area contributed by atoms with Crippen LogP contribution in [0, 0.1) is 11.8 Å². The SMILES string of the molecule is CC(C)c1nc(-c2cnc(N)c(OC(F)(F)F)c2)cn1[C@]12C3[C@@H]1[C@@H]2CN3C1COC1. The molecule has 3 saturated heterocycles. The molecule has 2 aromatic heterocycles. The van der Waals surface area contributed by atoms with Crippen LogP contribution in [-0.4, -0.2) is 57.6 Å². The van der Waals surface area contributed by atoms with E-state index in [1.54, 1.807) is 0 Å². The third kappa shape index (κ3) is 2.34. The van der Waals surface area contributed by atoms with E-state index in [1.165, 1.54) is 12.3 Å². The minimum absolute atomic E-state index is 0.0903. The van der Waals surface area contributed by atoms with E-state index in [4.69, 9.17) is 15.5 Å². The monoisotopic (exact) mass is 421 g/mol. The molecule has 0 aromatic carbocycles. The number of halogens is 3. The molecule has 0 radical (unpaired) electrons. The fourth-order valence-corrected chi connectivity index (χ4v) is 5.62. The first-order valence-electron chi connectivity index (χ1n) is 10.2. The molecule has 3 aliphatic heterocycles. The van der Waals surface area contributed by atoms with Crippen molar-refractivity contribution >= 4 is 5.82 Å². The third-order valence-electron chi connectivity index (χ3n) is 7.08. The number of ether oxygens (including phenoxy) is 2. The number of anilines is 1. The van der Waals surface area contributed by atoms with Crippen molar-refractivity contribution in [1.82, 2.24) is 19.4 Å². The summed E-state index contributed by atoms with van der Waals surface area (Å²) in [5.74, 6) is 1.58. The molecule has 1 unspecified atom stereocenters. The largest absolute Gasteiger partial charge is 0.573 e. The molecule has 0 spiro atoms. The summed E-state index contributed by atoms with van der Waals surface area (Å²) in [4.78, 5) is 11.2. The van der Waals surface area contributed by atoms with Gasteiger partial charge in [0.25, 0.3) is 0 Å². The summed E-state index contributed by atoms with van der Waals surface area (Å²) in [7, 11) is 0. The van der Waals surface area contributed by atoms with Gasteiger partial charge in [-0.3, -0.25) is 4.90 Å². The van der Waals surface area contributed by atoms with Gasteiger partial charge in [-0.1, -0.05) is 13.8 Å². The number of pyridine rings is 1. The molecular formula is C20H22F3N5O2. The van der Waals surface area contributed by atoms with E-state index >= 15 is 0 Å². The molecule has 2 bridgehead atoms. The van der Waals surface area contributed by atoms with E-state index < -0.39 is 12.1 Å². The second-order valence-electron chi connectivity index (χ2n) is 9.02. The van der Waals surface area contributed by atoms with Gasteiger partial charge in [0.15, 0.2) is 11.6 Å². The Labute approximate surface area is 171 Å². The Morgan fingerprint density at radius 1 is 1.33 bits per heavy atom. The van der Waals surface area contributed by atoms with Crippen LogP contribution in [0.2, 0.25) is 0 Å². The van der Waals surface area contributed by atoms with Crippen LogP contribution in [0.25, 0.3) is 11.3 Å². The van der Waals surface area contributed by atoms with Crippen LogP contribution < -0.4 is 10.5 Å². The van der Waals surface area contributed by atoms with Crippen molar-refractivity contribution in [2.75, 3.05) is 25.5 Å². The summed E-state index contributed by atoms with van der Waals surface area (Å²) in [6.45, 7) is 6.85. The number of alkyl halides is 3. The van der Waals surface area contributed by atoms with Crippen LogP contribution in [-0.2, 0) is 10.3 Å². The van der Waals surface area contributed by atoms with Crippen molar-refractivity contribution < 1.29 is 22.6 Å². The minimum Gasteiger partial charge on any atom is -0.402 e. The van der Waals surface area contributed by atoms with Crippen LogP contribution in [0.1, 0.15) is 25.6 Å². The highest BCUT2D eigenvalue weighted by atomic mass is 19.4. The quantitative estimate of drug-likeness (QED) is 0.800. The molecule has 30 heavy (non-hydrogen) atoms. The fraction of sp³-hybridized carbons (Fsp3) is 0.600. The number of aromatic nitrogens is 3. The van der Waals surface area contributed by atoms with E-state index in [1.807, 2.05) is 6.20 Å². The molecule has 10 heteroatoms. The predicted octanol–water partition coefficient (Wildman–Crippen LogP) is 2.59. The van der Waals surface area contributed by atoms with Gasteiger partial charge in [0, 0.05) is 48.3 Å². The van der Waals surface area contributed by atoms with Crippen molar-refractivity contribution in [3.63, 3.8) is 0 Å². The summed E-state index contributed by atoms with van der Waals surface area (Å²) in [5.41, 5.74) is 6.70. The maximum absolute atomic E-state index is 12.7. The Hall–Kier alpha value is -2.33. The van der Waals surface area contributed by atoms with E-state index in [-0.39, 0.29) is 17.3 Å². The number of nitrogens with zero attached hydrogens (tertiary/aromatic N) is 4. The van der Waals surface area contributed by atoms with Crippen molar-refractivity contribution in [1.29, 1.82) is 0 Å². The van der Waals surface area contributed by atoms with Crippen LogP contribution in [0.4, 0.5) is 19.0 Å². The number of piperidine rings is 1. The average Bonchev–Trinajstić information content (AvgIpc) is 3.18. The number of nitrogens with two attached hydrogens (primary N) is 1. The lowest BCUT2D eigenvalue weighted by molar-refractivity contribution is -0.274. The molecule has 7 nitrogen and oxygen atoms in total. The zero-order valence-electron chi connectivity index (χ0n) is 16.6. The first kappa shape index (κ1) is 18.4. The molecule has 5 heterocycles. The molecule has 160 valence electrons. The Morgan fingerprint density at radius 3 is 2.70 bits per heavy atom. The van der Waals surface area contributed by atoms with Gasteiger partial charge in [0.05, 0.1) is 30.5 Å². The highest BCUT2D eigenvalue weighted by Crippen LogP contribution is 2.84. The van der Waals surface area contributed by atoms with Gasteiger partial charge in [-0.25, -0.2) is 9.97 Å². The maximum atomic E-state index is 12.7. The lowest BCUT2D eigenvalue weighted by atomic mass is 10.1. The minimum atomic E-state index is -4.83. The molecule has 0 amide bonds. The predicted molar refractivity (Wildman–Crippen MR) is 101 cm³/mol. The lowest BCUT2D eigenvalue weighted by Crippen LogP contribution is -2.48. The number of hydrogen-bond acceptors (Lipinski definition) is 6. The Balaban J connectivity index is 1.35. The van der Waals surface area contributed by atoms with Crippen molar-refractivity contribution in [2.45, 2.75) is 43.8 Å². The van der Waals surface area contributed by atoms with E-state index in [0.717, 1.165) is 25.6 Å². The second kappa shape index (κ2) is 5.67. The molecule has 5 aliphatic rings. The highest BCUT2D eigenvalue weighted by Gasteiger charge is 2.94. The van der Waals surface area contributed by atoms with Crippen molar-refractivity contribution in [3.8, 4) is 17.0 Å².